The highest BCUT2D eigenvalue weighted by Crippen LogP contribution is 2.34. The Morgan fingerprint density at radius 2 is 1.61 bits per heavy atom. The molecule has 0 saturated heterocycles. The number of nitro benzene ring substituents is 2. The van der Waals surface area contributed by atoms with Gasteiger partial charge in [-0.25, -0.2) is 0 Å². The standard InChI is InChI=1S/C19H13N3O6/c23-18-7-6-13(12-4-2-1-3-5-12)9-16(18)20-11-14-8-15(21(25)26)10-17(19(14)24)22(27)28/h1-11,23-24H/p-1. The molecule has 3 rings (SSSR count). The van der Waals surface area contributed by atoms with E-state index in [2.05, 4.69) is 4.99 Å². The molecule has 9 nitrogen and oxygen atoms in total. The lowest BCUT2D eigenvalue weighted by Gasteiger charge is -2.10. The maximum atomic E-state index is 12.2. The van der Waals surface area contributed by atoms with Gasteiger partial charge in [-0.3, -0.25) is 25.2 Å². The average molecular weight is 378 g/mol. The second-order valence-electron chi connectivity index (χ2n) is 5.73. The second-order valence-corrected chi connectivity index (χ2v) is 5.73. The Morgan fingerprint density at radius 3 is 2.25 bits per heavy atom. The molecule has 3 aromatic rings. The third-order valence-electron chi connectivity index (χ3n) is 3.92. The van der Waals surface area contributed by atoms with Crippen LogP contribution in [0.4, 0.5) is 17.1 Å². The molecule has 0 bridgehead atoms. The van der Waals surface area contributed by atoms with E-state index in [1.807, 2.05) is 30.3 Å². The fraction of sp³-hybridized carbons (Fsp3) is 0. The molecule has 0 aliphatic rings. The third-order valence-corrected chi connectivity index (χ3v) is 3.92. The first-order chi connectivity index (χ1) is 13.4. The molecule has 0 unspecified atom stereocenters. The molecule has 140 valence electrons. The number of non-ortho nitro benzene ring substituents is 1. The summed E-state index contributed by atoms with van der Waals surface area (Å²) in [4.78, 5) is 24.1. The molecule has 0 amide bonds. The van der Waals surface area contributed by atoms with E-state index in [0.29, 0.717) is 6.07 Å². The lowest BCUT2D eigenvalue weighted by Crippen LogP contribution is -2.03. The first-order valence-corrected chi connectivity index (χ1v) is 7.93. The highest BCUT2D eigenvalue weighted by molar-refractivity contribution is 5.89. The Morgan fingerprint density at radius 1 is 0.893 bits per heavy atom. The summed E-state index contributed by atoms with van der Waals surface area (Å²) in [6.07, 6.45) is 0.964. The van der Waals surface area contributed by atoms with Crippen LogP contribution in [0.2, 0.25) is 0 Å². The molecule has 0 spiro atoms. The van der Waals surface area contributed by atoms with Crippen LogP contribution in [0.15, 0.2) is 65.7 Å². The van der Waals surface area contributed by atoms with E-state index in [-0.39, 0.29) is 17.0 Å². The van der Waals surface area contributed by atoms with Gasteiger partial charge in [-0.15, -0.1) is 0 Å². The third kappa shape index (κ3) is 3.78. The van der Waals surface area contributed by atoms with Crippen molar-refractivity contribution >= 4 is 23.3 Å². The molecule has 1 N–H and O–H groups in total. The fourth-order valence-electron chi connectivity index (χ4n) is 2.53. The van der Waals surface area contributed by atoms with Crippen LogP contribution in [0.5, 0.6) is 11.5 Å². The molecule has 0 fully saturated rings. The molecule has 28 heavy (non-hydrogen) atoms. The Kier molecular flexibility index (Phi) is 4.99. The lowest BCUT2D eigenvalue weighted by atomic mass is 10.0. The van der Waals surface area contributed by atoms with Crippen molar-refractivity contribution in [3.05, 3.63) is 86.5 Å². The fourth-order valence-corrected chi connectivity index (χ4v) is 2.53. The van der Waals surface area contributed by atoms with Crippen LogP contribution < -0.4 is 5.11 Å². The minimum Gasteiger partial charge on any atom is -0.867 e. The van der Waals surface area contributed by atoms with Gasteiger partial charge in [0, 0.05) is 12.3 Å². The van der Waals surface area contributed by atoms with Crippen molar-refractivity contribution in [2.24, 2.45) is 4.99 Å². The van der Waals surface area contributed by atoms with Crippen LogP contribution in [-0.2, 0) is 0 Å². The summed E-state index contributed by atoms with van der Waals surface area (Å²) in [5.74, 6) is -1.18. The molecule has 0 aliphatic heterocycles. The number of rotatable bonds is 5. The summed E-state index contributed by atoms with van der Waals surface area (Å²) in [5.41, 5.74) is -0.124. The van der Waals surface area contributed by atoms with Gasteiger partial charge in [0.1, 0.15) is 11.4 Å². The van der Waals surface area contributed by atoms with E-state index >= 15 is 0 Å². The number of benzene rings is 3. The number of nitro groups is 2. The molecule has 0 aliphatic carbocycles. The van der Waals surface area contributed by atoms with E-state index in [1.165, 1.54) is 6.07 Å². The zero-order valence-corrected chi connectivity index (χ0v) is 14.2. The minimum absolute atomic E-state index is 0.106. The van der Waals surface area contributed by atoms with Gasteiger partial charge in [-0.2, -0.15) is 0 Å². The maximum Gasteiger partial charge on any atom is 0.276 e. The molecular weight excluding hydrogens is 366 g/mol. The van der Waals surface area contributed by atoms with Crippen LogP contribution in [0, 0.1) is 20.2 Å². The number of phenolic OH excluding ortho intramolecular Hbond substituents is 1. The number of phenols is 1. The highest BCUT2D eigenvalue weighted by atomic mass is 16.6. The van der Waals surface area contributed by atoms with Crippen LogP contribution >= 0.6 is 0 Å². The van der Waals surface area contributed by atoms with Crippen molar-refractivity contribution in [1.82, 2.24) is 0 Å². The summed E-state index contributed by atoms with van der Waals surface area (Å²) in [5, 5.41) is 44.1. The van der Waals surface area contributed by atoms with E-state index in [0.717, 1.165) is 23.4 Å². The second kappa shape index (κ2) is 7.54. The van der Waals surface area contributed by atoms with E-state index in [4.69, 9.17) is 0 Å². The van der Waals surface area contributed by atoms with Crippen LogP contribution in [0.1, 0.15) is 5.56 Å². The lowest BCUT2D eigenvalue weighted by molar-refractivity contribution is -0.403. The first kappa shape index (κ1) is 18.5. The van der Waals surface area contributed by atoms with E-state index in [9.17, 15) is 30.4 Å². The Bertz CT molecular complexity index is 1100. The van der Waals surface area contributed by atoms with E-state index in [1.54, 1.807) is 12.1 Å². The van der Waals surface area contributed by atoms with Gasteiger partial charge in [0.15, 0.2) is 0 Å². The summed E-state index contributed by atoms with van der Waals surface area (Å²) < 4.78 is 0. The smallest absolute Gasteiger partial charge is 0.276 e. The largest absolute Gasteiger partial charge is 0.867 e. The highest BCUT2D eigenvalue weighted by Gasteiger charge is 2.18. The van der Waals surface area contributed by atoms with Gasteiger partial charge >= 0.3 is 0 Å². The molecule has 3 aromatic carbocycles. The summed E-state index contributed by atoms with van der Waals surface area (Å²) in [6, 6.07) is 15.4. The monoisotopic (exact) mass is 378 g/mol. The van der Waals surface area contributed by atoms with Crippen molar-refractivity contribution in [3.8, 4) is 22.6 Å². The first-order valence-electron chi connectivity index (χ1n) is 7.93. The molecule has 0 radical (unpaired) electrons. The molecule has 0 atom stereocenters. The Balaban J connectivity index is 2.05. The SMILES string of the molecule is O=[N+]([O-])c1cc(C=Nc2cc(-c3ccccc3)ccc2O)c([O-])c([N+](=O)[O-])c1. The Hall–Kier alpha value is -4.27. The van der Waals surface area contributed by atoms with Crippen molar-refractivity contribution in [1.29, 1.82) is 0 Å². The maximum absolute atomic E-state index is 12.2. The molecule has 0 aromatic heterocycles. The van der Waals surface area contributed by atoms with Crippen molar-refractivity contribution in [3.63, 3.8) is 0 Å². The predicted octanol–water partition coefficient (Wildman–Crippen LogP) is 3.70. The number of hydrogen-bond donors (Lipinski definition) is 1. The van der Waals surface area contributed by atoms with Crippen LogP contribution in [0.3, 0.4) is 0 Å². The zero-order chi connectivity index (χ0) is 20.3. The van der Waals surface area contributed by atoms with Gasteiger partial charge in [0.25, 0.3) is 11.4 Å². The van der Waals surface area contributed by atoms with Gasteiger partial charge in [-0.1, -0.05) is 36.4 Å². The van der Waals surface area contributed by atoms with Gasteiger partial charge in [0.05, 0.1) is 15.9 Å². The van der Waals surface area contributed by atoms with Crippen molar-refractivity contribution in [2.75, 3.05) is 0 Å². The van der Waals surface area contributed by atoms with Gasteiger partial charge in [-0.05, 0) is 34.6 Å². The van der Waals surface area contributed by atoms with Gasteiger partial charge in [0.2, 0.25) is 0 Å². The number of aromatic hydroxyl groups is 1. The van der Waals surface area contributed by atoms with Gasteiger partial charge < -0.3 is 10.2 Å². The number of hydrogen-bond acceptors (Lipinski definition) is 7. The van der Waals surface area contributed by atoms with Crippen molar-refractivity contribution < 1.29 is 20.1 Å². The summed E-state index contributed by atoms with van der Waals surface area (Å²) in [6.45, 7) is 0. The van der Waals surface area contributed by atoms with Crippen LogP contribution in [0.25, 0.3) is 11.1 Å². The molecule has 0 saturated carbocycles. The normalized spacial score (nSPS) is 10.9. The molecular formula is C19H12N3O6-. The summed E-state index contributed by atoms with van der Waals surface area (Å²) >= 11 is 0. The van der Waals surface area contributed by atoms with Crippen LogP contribution in [-0.4, -0.2) is 21.2 Å². The zero-order valence-electron chi connectivity index (χ0n) is 14.2. The van der Waals surface area contributed by atoms with E-state index < -0.39 is 27.0 Å². The quantitative estimate of drug-likeness (QED) is 0.407. The predicted molar refractivity (Wildman–Crippen MR) is 100.0 cm³/mol. The summed E-state index contributed by atoms with van der Waals surface area (Å²) in [7, 11) is 0. The minimum atomic E-state index is -1.00. The molecule has 9 heteroatoms. The van der Waals surface area contributed by atoms with Crippen molar-refractivity contribution in [2.45, 2.75) is 0 Å². The topological polar surface area (TPSA) is 142 Å². The molecule has 0 heterocycles. The number of aliphatic imine (C=N–C) groups is 1. The number of nitrogens with zero attached hydrogens (tertiary/aromatic N) is 3. The average Bonchev–Trinajstić information content (AvgIpc) is 2.68. The Labute approximate surface area is 158 Å².